The molecule has 0 unspecified atom stereocenters. The van der Waals surface area contributed by atoms with Crippen LogP contribution in [-0.2, 0) is 0 Å². The third-order valence-corrected chi connectivity index (χ3v) is 9.29. The molecule has 0 aliphatic carbocycles. The Bertz CT molecular complexity index is 868. The third kappa shape index (κ3) is 6.94. The average molecular weight is 814 g/mol. The quantitative estimate of drug-likeness (QED) is 0.176. The molecule has 0 N–H and O–H groups in total. The maximum absolute atomic E-state index is 2.29. The van der Waals surface area contributed by atoms with Gasteiger partial charge in [-0.1, -0.05) is 36.4 Å². The second kappa shape index (κ2) is 12.5. The Kier molecular flexibility index (Phi) is 10.7. The summed E-state index contributed by atoms with van der Waals surface area (Å²) in [7, 11) is 0. The molecule has 4 aromatic rings. The first-order chi connectivity index (χ1) is 12.9. The fourth-order valence-electron chi connectivity index (χ4n) is 2.62. The summed E-state index contributed by atoms with van der Waals surface area (Å²) in [4.78, 5) is 0. The van der Waals surface area contributed by atoms with Gasteiger partial charge in [-0.15, -0.1) is 0 Å². The number of halogens is 4. The van der Waals surface area contributed by atoms with Crippen LogP contribution in [0.3, 0.4) is 0 Å². The standard InChI is InChI=1S/C24H18I2.2HI/c1-3-7-21(8-4-1)25-23-15-11-19(12-16-23)20-13-17-24(18-14-20)26-22-9-5-2-6-10-22;;/h1-18H;2*1H/q+2;;/p-2. The summed E-state index contributed by atoms with van der Waals surface area (Å²) in [6, 6.07) is 39.8. The molecule has 4 aromatic carbocycles. The van der Waals surface area contributed by atoms with E-state index in [1.807, 2.05) is 0 Å². The van der Waals surface area contributed by atoms with Gasteiger partial charge in [0.1, 0.15) is 0 Å². The zero-order chi connectivity index (χ0) is 17.6. The molecule has 0 aliphatic rings. The van der Waals surface area contributed by atoms with E-state index in [4.69, 9.17) is 0 Å². The van der Waals surface area contributed by atoms with Crippen LogP contribution in [0.1, 0.15) is 0 Å². The van der Waals surface area contributed by atoms with Crippen molar-refractivity contribution in [3.8, 4) is 11.1 Å². The van der Waals surface area contributed by atoms with E-state index in [0.717, 1.165) is 0 Å². The largest absolute Gasteiger partial charge is 1.00 e. The van der Waals surface area contributed by atoms with Crippen molar-refractivity contribution >= 4 is 0 Å². The van der Waals surface area contributed by atoms with Crippen molar-refractivity contribution in [2.45, 2.75) is 0 Å². The van der Waals surface area contributed by atoms with Crippen molar-refractivity contribution in [3.05, 3.63) is 123 Å². The lowest BCUT2D eigenvalue weighted by molar-refractivity contribution is -0.597. The lowest BCUT2D eigenvalue weighted by Crippen LogP contribution is -3.61. The van der Waals surface area contributed by atoms with Crippen molar-refractivity contribution in [3.63, 3.8) is 0 Å². The molecule has 4 rings (SSSR count). The molecule has 0 aromatic heterocycles. The highest BCUT2D eigenvalue weighted by Crippen LogP contribution is 2.17. The second-order valence-electron chi connectivity index (χ2n) is 5.79. The van der Waals surface area contributed by atoms with Crippen LogP contribution in [-0.4, -0.2) is 0 Å². The Morgan fingerprint density at radius 2 is 0.607 bits per heavy atom. The normalized spacial score (nSPS) is 9.86. The molecule has 142 valence electrons. The molecule has 0 atom stereocenters. The Morgan fingerprint density at radius 1 is 0.321 bits per heavy atom. The summed E-state index contributed by atoms with van der Waals surface area (Å²) >= 11 is -0.168. The molecule has 28 heavy (non-hydrogen) atoms. The molecule has 0 saturated carbocycles. The number of rotatable bonds is 5. The van der Waals surface area contributed by atoms with E-state index in [1.165, 1.54) is 25.4 Å². The fourth-order valence-corrected chi connectivity index (χ4v) is 7.04. The van der Waals surface area contributed by atoms with E-state index in [2.05, 4.69) is 109 Å². The van der Waals surface area contributed by atoms with Gasteiger partial charge in [-0.05, 0) is 83.9 Å². The maximum Gasteiger partial charge on any atom is 0.357 e. The Morgan fingerprint density at radius 3 is 0.929 bits per heavy atom. The van der Waals surface area contributed by atoms with Crippen molar-refractivity contribution in [1.82, 2.24) is 0 Å². The molecular weight excluding hydrogens is 796 g/mol. The highest BCUT2D eigenvalue weighted by atomic mass is 127. The predicted octanol–water partition coefficient (Wildman–Crippen LogP) is -6.38. The first-order valence-corrected chi connectivity index (χ1v) is 12.8. The van der Waals surface area contributed by atoms with Gasteiger partial charge in [0.15, 0.2) is 14.3 Å². The van der Waals surface area contributed by atoms with Crippen molar-refractivity contribution in [1.29, 1.82) is 0 Å². The van der Waals surface area contributed by atoms with Gasteiger partial charge in [0.05, 0.1) is 0 Å². The topological polar surface area (TPSA) is 0 Å². The Labute approximate surface area is 222 Å². The molecule has 4 heteroatoms. The summed E-state index contributed by atoms with van der Waals surface area (Å²) in [6.45, 7) is 0. The number of hydrogen-bond donors (Lipinski definition) is 0. The van der Waals surface area contributed by atoms with Crippen molar-refractivity contribution < 1.29 is 90.4 Å². The molecular formula is C24H18I4. The van der Waals surface area contributed by atoms with Crippen molar-refractivity contribution in [2.24, 2.45) is 0 Å². The van der Waals surface area contributed by atoms with Crippen LogP contribution < -0.4 is 90.4 Å². The van der Waals surface area contributed by atoms with Crippen molar-refractivity contribution in [2.75, 3.05) is 0 Å². The van der Waals surface area contributed by atoms with E-state index in [0.29, 0.717) is 0 Å². The zero-order valence-corrected chi connectivity index (χ0v) is 23.5. The summed E-state index contributed by atoms with van der Waals surface area (Å²) in [5, 5.41) is 0. The molecule has 0 aliphatic heterocycles. The van der Waals surface area contributed by atoms with E-state index in [9.17, 15) is 0 Å². The molecule has 0 amide bonds. The van der Waals surface area contributed by atoms with Crippen LogP contribution in [0, 0.1) is 14.3 Å². The van der Waals surface area contributed by atoms with Gasteiger partial charge in [0.2, 0.25) is 0 Å². The van der Waals surface area contributed by atoms with Gasteiger partial charge < -0.3 is 48.0 Å². The number of benzene rings is 4. The van der Waals surface area contributed by atoms with E-state index in [-0.39, 0.29) is 90.4 Å². The van der Waals surface area contributed by atoms with E-state index >= 15 is 0 Å². The second-order valence-corrected chi connectivity index (χ2v) is 11.9. The highest BCUT2D eigenvalue weighted by Gasteiger charge is 2.16. The van der Waals surface area contributed by atoms with Gasteiger partial charge in [-0.3, -0.25) is 0 Å². The van der Waals surface area contributed by atoms with Gasteiger partial charge >= 0.3 is 42.4 Å². The lowest BCUT2D eigenvalue weighted by Gasteiger charge is -2.00. The van der Waals surface area contributed by atoms with Crippen LogP contribution in [0.15, 0.2) is 109 Å². The molecule has 0 nitrogen and oxygen atoms in total. The lowest BCUT2D eigenvalue weighted by atomic mass is 10.1. The van der Waals surface area contributed by atoms with Crippen LogP contribution in [0.2, 0.25) is 0 Å². The summed E-state index contributed by atoms with van der Waals surface area (Å²) < 4.78 is 5.86. The fraction of sp³-hybridized carbons (Fsp3) is 0. The summed E-state index contributed by atoms with van der Waals surface area (Å²) in [5.74, 6) is 0. The molecule has 0 saturated heterocycles. The van der Waals surface area contributed by atoms with Gasteiger partial charge in [0, 0.05) is 0 Å². The van der Waals surface area contributed by atoms with Gasteiger partial charge in [0.25, 0.3) is 0 Å². The highest BCUT2D eigenvalue weighted by molar-refractivity contribution is 5.62. The molecule has 0 spiro atoms. The monoisotopic (exact) mass is 814 g/mol. The zero-order valence-electron chi connectivity index (χ0n) is 14.9. The first kappa shape index (κ1) is 24.1. The smallest absolute Gasteiger partial charge is 0.357 e. The number of hydrogen-bond acceptors (Lipinski definition) is 0. The minimum atomic E-state index is -0.0841. The predicted molar refractivity (Wildman–Crippen MR) is 99.6 cm³/mol. The van der Waals surface area contributed by atoms with E-state index in [1.54, 1.807) is 0 Å². The summed E-state index contributed by atoms with van der Waals surface area (Å²) in [5.41, 5.74) is 2.60. The maximum atomic E-state index is 2.29. The molecule has 0 bridgehead atoms. The van der Waals surface area contributed by atoms with Crippen LogP contribution in [0.5, 0.6) is 0 Å². The van der Waals surface area contributed by atoms with Crippen LogP contribution in [0.4, 0.5) is 0 Å². The third-order valence-electron chi connectivity index (χ3n) is 3.92. The van der Waals surface area contributed by atoms with E-state index < -0.39 is 0 Å². The average Bonchev–Trinajstić information content (AvgIpc) is 2.71. The first-order valence-electron chi connectivity index (χ1n) is 8.47. The minimum absolute atomic E-state index is 0. The van der Waals surface area contributed by atoms with Crippen LogP contribution >= 0.6 is 0 Å². The van der Waals surface area contributed by atoms with Crippen LogP contribution in [0.25, 0.3) is 11.1 Å². The van der Waals surface area contributed by atoms with Gasteiger partial charge in [-0.25, -0.2) is 0 Å². The Balaban J connectivity index is 0.00000140. The molecule has 0 heterocycles. The van der Waals surface area contributed by atoms with Gasteiger partial charge in [-0.2, -0.15) is 0 Å². The minimum Gasteiger partial charge on any atom is -1.00 e. The summed E-state index contributed by atoms with van der Waals surface area (Å²) in [6.07, 6.45) is 0. The Hall–Kier alpha value is -0.200. The molecule has 0 fully saturated rings. The molecule has 0 radical (unpaired) electrons. The SMILES string of the molecule is [I-].[I-].c1ccc([I+]c2ccc(-c3ccc([I+]c4ccccc4)cc3)cc2)cc1.